The van der Waals surface area contributed by atoms with Gasteiger partial charge in [0.2, 0.25) is 23.6 Å². The van der Waals surface area contributed by atoms with Crippen molar-refractivity contribution in [3.8, 4) is 11.8 Å². The van der Waals surface area contributed by atoms with Crippen LogP contribution in [0.2, 0.25) is 0 Å². The van der Waals surface area contributed by atoms with Gasteiger partial charge in [0.15, 0.2) is 0 Å². The minimum Gasteiger partial charge on any atom is -0.481 e. The summed E-state index contributed by atoms with van der Waals surface area (Å²) in [6.45, 7) is 5.16. The molecule has 196 valence electrons. The van der Waals surface area contributed by atoms with Crippen LogP contribution < -0.4 is 25.4 Å². The van der Waals surface area contributed by atoms with Gasteiger partial charge in [-0.15, -0.1) is 0 Å². The summed E-state index contributed by atoms with van der Waals surface area (Å²) in [7, 11) is 2.93. The van der Waals surface area contributed by atoms with E-state index in [2.05, 4.69) is 20.9 Å². The second-order valence-corrected chi connectivity index (χ2v) is 8.88. The molecule has 0 saturated carbocycles. The molecule has 0 atom stereocenters. The first-order valence-corrected chi connectivity index (χ1v) is 11.5. The van der Waals surface area contributed by atoms with Crippen LogP contribution in [0.15, 0.2) is 30.3 Å². The molecule has 0 aliphatic heterocycles. The van der Waals surface area contributed by atoms with Gasteiger partial charge in [0, 0.05) is 18.9 Å². The van der Waals surface area contributed by atoms with Gasteiger partial charge >= 0.3 is 6.09 Å². The molecule has 2 rings (SSSR count). The van der Waals surface area contributed by atoms with Gasteiger partial charge in [0.05, 0.1) is 25.6 Å². The van der Waals surface area contributed by atoms with Crippen molar-refractivity contribution in [2.75, 3.05) is 30.2 Å². The molecule has 3 amide bonds. The summed E-state index contributed by atoms with van der Waals surface area (Å²) < 4.78 is 29.1. The molecule has 1 aromatic heterocycles. The fourth-order valence-corrected chi connectivity index (χ4v) is 3.10. The van der Waals surface area contributed by atoms with Gasteiger partial charge in [-0.3, -0.25) is 14.9 Å². The minimum atomic E-state index is -0.717. The Morgan fingerprint density at radius 3 is 2.03 bits per heavy atom. The molecule has 0 aliphatic carbocycles. The summed E-state index contributed by atoms with van der Waals surface area (Å²) >= 11 is 0. The third-order valence-electron chi connectivity index (χ3n) is 4.71. The smallest absolute Gasteiger partial charge is 0.412 e. The number of methoxy groups -OCH3 is 2. The van der Waals surface area contributed by atoms with Crippen LogP contribution in [0.25, 0.3) is 0 Å². The van der Waals surface area contributed by atoms with Gasteiger partial charge < -0.3 is 24.8 Å². The second kappa shape index (κ2) is 13.3. The van der Waals surface area contributed by atoms with Crippen molar-refractivity contribution in [2.24, 2.45) is 0 Å². The summed E-state index contributed by atoms with van der Waals surface area (Å²) in [6, 6.07) is 6.90. The zero-order valence-corrected chi connectivity index (χ0v) is 21.2. The Balaban J connectivity index is 1.78. The van der Waals surface area contributed by atoms with Crippen molar-refractivity contribution in [2.45, 2.75) is 58.5 Å². The number of carbonyl (C=O) groups excluding carboxylic acids is 3. The Hall–Kier alpha value is -3.89. The highest BCUT2D eigenvalue weighted by Gasteiger charge is 2.18. The van der Waals surface area contributed by atoms with Crippen LogP contribution in [0.4, 0.5) is 26.2 Å². The van der Waals surface area contributed by atoms with Crippen LogP contribution in [0.3, 0.4) is 0 Å². The number of pyridine rings is 1. The Kier molecular flexibility index (Phi) is 10.4. The van der Waals surface area contributed by atoms with Gasteiger partial charge in [-0.2, -0.15) is 4.98 Å². The van der Waals surface area contributed by atoms with E-state index in [0.717, 1.165) is 6.07 Å². The molecule has 0 unspecified atom stereocenters. The van der Waals surface area contributed by atoms with E-state index >= 15 is 0 Å². The van der Waals surface area contributed by atoms with Gasteiger partial charge in [-0.25, -0.2) is 9.18 Å². The fourth-order valence-electron chi connectivity index (χ4n) is 3.10. The van der Waals surface area contributed by atoms with Crippen LogP contribution in [0.5, 0.6) is 11.8 Å². The monoisotopic (exact) mass is 504 g/mol. The first-order chi connectivity index (χ1) is 17.0. The quantitative estimate of drug-likeness (QED) is 0.363. The summed E-state index contributed by atoms with van der Waals surface area (Å²) in [4.78, 5) is 40.7. The number of rotatable bonds is 11. The highest BCUT2D eigenvalue weighted by molar-refractivity contribution is 5.97. The molecule has 10 nitrogen and oxygen atoms in total. The largest absolute Gasteiger partial charge is 0.481 e. The van der Waals surface area contributed by atoms with Gasteiger partial charge in [0.1, 0.15) is 17.1 Å². The molecule has 1 aromatic carbocycles. The summed E-state index contributed by atoms with van der Waals surface area (Å²) in [5.41, 5.74) is 0.0853. The molecule has 0 spiro atoms. The first kappa shape index (κ1) is 28.3. The molecule has 0 fully saturated rings. The molecule has 0 aliphatic rings. The fraction of sp³-hybridized carbons (Fsp3) is 0.440. The number of anilines is 3. The van der Waals surface area contributed by atoms with Crippen LogP contribution in [0.1, 0.15) is 52.9 Å². The highest BCUT2D eigenvalue weighted by Crippen LogP contribution is 2.26. The minimum absolute atomic E-state index is 0.132. The SMILES string of the molecule is COc1ccc(NC(=O)CCCCCC(=O)Nc2cc(F)ccc2NC(=O)OC(C)(C)C)c(OC)n1. The van der Waals surface area contributed by atoms with Crippen LogP contribution in [-0.2, 0) is 14.3 Å². The predicted octanol–water partition coefficient (Wildman–Crippen LogP) is 5.11. The first-order valence-electron chi connectivity index (χ1n) is 11.5. The van der Waals surface area contributed by atoms with Crippen LogP contribution in [-0.4, -0.2) is 42.7 Å². The predicted molar refractivity (Wildman–Crippen MR) is 134 cm³/mol. The average Bonchev–Trinajstić information content (AvgIpc) is 2.79. The lowest BCUT2D eigenvalue weighted by Crippen LogP contribution is -2.27. The van der Waals surface area contributed by atoms with Crippen molar-refractivity contribution in [1.29, 1.82) is 0 Å². The Morgan fingerprint density at radius 1 is 0.833 bits per heavy atom. The number of carbonyl (C=O) groups is 3. The van der Waals surface area contributed by atoms with E-state index in [1.807, 2.05) is 0 Å². The number of ether oxygens (including phenoxy) is 3. The molecular weight excluding hydrogens is 471 g/mol. The number of unbranched alkanes of at least 4 members (excludes halogenated alkanes) is 2. The lowest BCUT2D eigenvalue weighted by molar-refractivity contribution is -0.116. The lowest BCUT2D eigenvalue weighted by atomic mass is 10.1. The molecule has 0 saturated heterocycles. The zero-order valence-electron chi connectivity index (χ0n) is 21.2. The molecule has 36 heavy (non-hydrogen) atoms. The molecule has 11 heteroatoms. The van der Waals surface area contributed by atoms with E-state index in [0.29, 0.717) is 30.8 Å². The van der Waals surface area contributed by atoms with Crippen LogP contribution >= 0.6 is 0 Å². The third kappa shape index (κ3) is 9.77. The van der Waals surface area contributed by atoms with Gasteiger partial charge in [-0.05, 0) is 57.9 Å². The summed E-state index contributed by atoms with van der Waals surface area (Å²) in [5, 5.41) is 7.87. The number of nitrogens with zero attached hydrogens (tertiary/aromatic N) is 1. The van der Waals surface area contributed by atoms with Crippen molar-refractivity contribution in [1.82, 2.24) is 4.98 Å². The highest BCUT2D eigenvalue weighted by atomic mass is 19.1. The number of halogens is 1. The van der Waals surface area contributed by atoms with E-state index in [9.17, 15) is 18.8 Å². The normalized spacial score (nSPS) is 10.8. The Bertz CT molecular complexity index is 1070. The lowest BCUT2D eigenvalue weighted by Gasteiger charge is -2.20. The standard InChI is InChI=1S/C25H33FN4O6/c1-25(2,3)36-24(33)29-17-12-11-16(26)15-19(17)28-21(32)10-8-6-7-9-20(31)27-18-13-14-22(34-4)30-23(18)35-5/h11-15H,6-10H2,1-5H3,(H,27,31)(H,28,32)(H,29,33). The number of amides is 3. The zero-order chi connectivity index (χ0) is 26.7. The molecule has 3 N–H and O–H groups in total. The van der Waals surface area contributed by atoms with E-state index < -0.39 is 17.5 Å². The number of aromatic nitrogens is 1. The van der Waals surface area contributed by atoms with Gasteiger partial charge in [-0.1, -0.05) is 6.42 Å². The second-order valence-electron chi connectivity index (χ2n) is 8.88. The average molecular weight is 505 g/mol. The Morgan fingerprint density at radius 2 is 1.44 bits per heavy atom. The maximum atomic E-state index is 13.7. The van der Waals surface area contributed by atoms with Crippen molar-refractivity contribution in [3.05, 3.63) is 36.1 Å². The molecule has 0 bridgehead atoms. The van der Waals surface area contributed by atoms with Crippen molar-refractivity contribution >= 4 is 35.0 Å². The van der Waals surface area contributed by atoms with E-state index in [-0.39, 0.29) is 41.9 Å². The topological polar surface area (TPSA) is 128 Å². The van der Waals surface area contributed by atoms with E-state index in [4.69, 9.17) is 14.2 Å². The maximum absolute atomic E-state index is 13.7. The maximum Gasteiger partial charge on any atom is 0.412 e. The van der Waals surface area contributed by atoms with Crippen molar-refractivity contribution in [3.63, 3.8) is 0 Å². The molecular formula is C25H33FN4O6. The number of hydrogen-bond donors (Lipinski definition) is 3. The Labute approximate surface area is 209 Å². The summed E-state index contributed by atoms with van der Waals surface area (Å²) in [5.74, 6) is -0.491. The van der Waals surface area contributed by atoms with Crippen molar-refractivity contribution < 1.29 is 33.0 Å². The van der Waals surface area contributed by atoms with E-state index in [1.54, 1.807) is 32.9 Å². The third-order valence-corrected chi connectivity index (χ3v) is 4.71. The molecule has 2 aromatic rings. The molecule has 0 radical (unpaired) electrons. The van der Waals surface area contributed by atoms with E-state index in [1.165, 1.54) is 26.4 Å². The van der Waals surface area contributed by atoms with Gasteiger partial charge in [0.25, 0.3) is 0 Å². The summed E-state index contributed by atoms with van der Waals surface area (Å²) in [6.07, 6.45) is 1.43. The number of benzene rings is 1. The molecule has 1 heterocycles. The number of hydrogen-bond acceptors (Lipinski definition) is 7. The number of nitrogens with one attached hydrogen (secondary N) is 3. The van der Waals surface area contributed by atoms with Crippen LogP contribution in [0, 0.1) is 5.82 Å².